The van der Waals surface area contributed by atoms with E-state index in [4.69, 9.17) is 9.47 Å². The molecule has 0 saturated carbocycles. The molecule has 1 fully saturated rings. The number of fused-ring (bicyclic) bond motifs is 2. The lowest BCUT2D eigenvalue weighted by Gasteiger charge is -2.39. The van der Waals surface area contributed by atoms with Gasteiger partial charge in [-0.3, -0.25) is 9.69 Å². The number of rotatable bonds is 5. The number of carbonyl (C=O) groups excluding carboxylic acids is 3. The monoisotopic (exact) mass is 482 g/mol. The Hall–Kier alpha value is -3.59. The van der Waals surface area contributed by atoms with Crippen LogP contribution in [0.1, 0.15) is 34.3 Å². The van der Waals surface area contributed by atoms with Crippen LogP contribution in [0.4, 0.5) is 8.78 Å². The maximum atomic E-state index is 14.1. The van der Waals surface area contributed by atoms with E-state index in [0.29, 0.717) is 0 Å². The van der Waals surface area contributed by atoms with Gasteiger partial charge in [-0.25, -0.2) is 18.4 Å². The van der Waals surface area contributed by atoms with Gasteiger partial charge in [-0.1, -0.05) is 12.1 Å². The molecule has 0 unspecified atom stereocenters. The van der Waals surface area contributed by atoms with E-state index in [9.17, 15) is 23.2 Å². The molecular weight excluding hydrogens is 458 g/mol. The van der Waals surface area contributed by atoms with Gasteiger partial charge in [0.15, 0.2) is 0 Å². The van der Waals surface area contributed by atoms with E-state index in [1.807, 2.05) is 0 Å². The van der Waals surface area contributed by atoms with Crippen molar-refractivity contribution in [2.75, 3.05) is 26.2 Å². The molecule has 3 aliphatic rings. The normalized spacial score (nSPS) is 20.1. The van der Waals surface area contributed by atoms with Crippen LogP contribution < -0.4 is 0 Å². The summed E-state index contributed by atoms with van der Waals surface area (Å²) >= 11 is 0. The summed E-state index contributed by atoms with van der Waals surface area (Å²) in [5.41, 5.74) is 1.20. The fraction of sp³-hybridized carbons (Fsp3) is 0.346. The Bertz CT molecular complexity index is 1170. The first-order chi connectivity index (χ1) is 16.8. The molecule has 1 saturated heterocycles. The van der Waals surface area contributed by atoms with Crippen LogP contribution in [0.5, 0.6) is 0 Å². The van der Waals surface area contributed by atoms with Crippen molar-refractivity contribution < 1.29 is 32.6 Å². The Kier molecular flexibility index (Phi) is 6.10. The van der Waals surface area contributed by atoms with Crippen LogP contribution >= 0.6 is 0 Å². The molecule has 3 aliphatic heterocycles. The van der Waals surface area contributed by atoms with Crippen LogP contribution in [0.3, 0.4) is 0 Å². The largest absolute Gasteiger partial charge is 0.396 e. The van der Waals surface area contributed by atoms with Gasteiger partial charge in [0.05, 0.1) is 11.1 Å². The minimum atomic E-state index is -2.13. The third-order valence-electron chi connectivity index (χ3n) is 6.76. The van der Waals surface area contributed by atoms with E-state index in [0.717, 1.165) is 68.7 Å². The highest BCUT2D eigenvalue weighted by Gasteiger charge is 2.57. The summed E-state index contributed by atoms with van der Waals surface area (Å²) in [5, 5.41) is 0. The van der Waals surface area contributed by atoms with E-state index in [-0.39, 0.29) is 29.4 Å². The van der Waals surface area contributed by atoms with Crippen molar-refractivity contribution in [3.05, 3.63) is 82.9 Å². The quantitative estimate of drug-likeness (QED) is 0.610. The molecule has 182 valence electrons. The van der Waals surface area contributed by atoms with Gasteiger partial charge in [0, 0.05) is 25.2 Å². The van der Waals surface area contributed by atoms with Gasteiger partial charge in [0.2, 0.25) is 0 Å². The van der Waals surface area contributed by atoms with E-state index >= 15 is 0 Å². The molecule has 9 heteroatoms. The van der Waals surface area contributed by atoms with Gasteiger partial charge in [-0.05, 0) is 74.2 Å². The topological polar surface area (TPSA) is 76.2 Å². The van der Waals surface area contributed by atoms with Gasteiger partial charge in [-0.2, -0.15) is 0 Å². The molecule has 5 rings (SSSR count). The molecule has 7 nitrogen and oxygen atoms in total. The molecule has 0 bridgehead atoms. The van der Waals surface area contributed by atoms with Crippen molar-refractivity contribution in [1.29, 1.82) is 0 Å². The molecule has 0 N–H and O–H groups in total. The van der Waals surface area contributed by atoms with Crippen LogP contribution in [0.2, 0.25) is 0 Å². The number of halogens is 2. The number of esters is 2. The molecule has 2 aromatic carbocycles. The smallest absolute Gasteiger partial charge is 0.375 e. The van der Waals surface area contributed by atoms with Crippen molar-refractivity contribution in [2.45, 2.75) is 25.2 Å². The zero-order valence-electron chi connectivity index (χ0n) is 18.9. The van der Waals surface area contributed by atoms with Crippen LogP contribution in [0.15, 0.2) is 54.6 Å². The van der Waals surface area contributed by atoms with E-state index < -0.39 is 29.6 Å². The predicted octanol–water partition coefficient (Wildman–Crippen LogP) is 3.14. The van der Waals surface area contributed by atoms with Gasteiger partial charge < -0.3 is 14.4 Å². The lowest BCUT2D eigenvalue weighted by Crippen LogP contribution is -2.52. The van der Waals surface area contributed by atoms with Gasteiger partial charge in [-0.15, -0.1) is 0 Å². The fourth-order valence-corrected chi connectivity index (χ4v) is 4.90. The van der Waals surface area contributed by atoms with E-state index in [1.165, 1.54) is 23.1 Å². The van der Waals surface area contributed by atoms with Crippen molar-refractivity contribution >= 4 is 17.8 Å². The average Bonchev–Trinajstić information content (AvgIpc) is 2.94. The number of carbonyl (C=O) groups is 3. The average molecular weight is 482 g/mol. The standard InChI is InChI=1S/C26H24F2N2O5/c27-19-3-1-17(2-4-19)9-12-29-13-10-18(11-14-29)16-30-25(33)21-6-5-20(28)15-22(21)26(30)34-23(31)7-8-24(32)35-26/h1-8,15,18H,9-14,16H2. The molecule has 3 heterocycles. The summed E-state index contributed by atoms with van der Waals surface area (Å²) in [4.78, 5) is 41.4. The highest BCUT2D eigenvalue weighted by atomic mass is 19.1. The highest BCUT2D eigenvalue weighted by Crippen LogP contribution is 2.43. The lowest BCUT2D eigenvalue weighted by molar-refractivity contribution is -0.275. The summed E-state index contributed by atoms with van der Waals surface area (Å²) in [5.74, 6) is -5.17. The van der Waals surface area contributed by atoms with Crippen molar-refractivity contribution in [3.63, 3.8) is 0 Å². The summed E-state index contributed by atoms with van der Waals surface area (Å²) in [6.45, 7) is 2.60. The Labute approximate surface area is 200 Å². The number of likely N-dealkylation sites (tertiary alicyclic amines) is 1. The maximum absolute atomic E-state index is 14.1. The number of hydrogen-bond acceptors (Lipinski definition) is 6. The highest BCUT2D eigenvalue weighted by molar-refractivity contribution is 6.01. The molecule has 2 aromatic rings. The Morgan fingerprint density at radius 2 is 1.51 bits per heavy atom. The van der Waals surface area contributed by atoms with Crippen LogP contribution in [-0.2, 0) is 31.4 Å². The van der Waals surface area contributed by atoms with Crippen LogP contribution in [0, 0.1) is 17.6 Å². The van der Waals surface area contributed by atoms with Gasteiger partial charge in [0.25, 0.3) is 5.91 Å². The third-order valence-corrected chi connectivity index (χ3v) is 6.76. The van der Waals surface area contributed by atoms with Crippen molar-refractivity contribution in [2.24, 2.45) is 5.92 Å². The molecule has 0 aromatic heterocycles. The molecule has 1 spiro atoms. The second-order valence-electron chi connectivity index (χ2n) is 9.02. The second-order valence-corrected chi connectivity index (χ2v) is 9.02. The summed E-state index contributed by atoms with van der Waals surface area (Å²) < 4.78 is 38.2. The molecule has 35 heavy (non-hydrogen) atoms. The minimum Gasteiger partial charge on any atom is -0.396 e. The molecule has 0 atom stereocenters. The number of ether oxygens (including phenoxy) is 2. The molecule has 0 radical (unpaired) electrons. The van der Waals surface area contributed by atoms with E-state index in [2.05, 4.69) is 4.90 Å². The minimum absolute atomic E-state index is 0.00429. The third kappa shape index (κ3) is 4.55. The van der Waals surface area contributed by atoms with E-state index in [1.54, 1.807) is 12.1 Å². The van der Waals surface area contributed by atoms with Gasteiger partial charge >= 0.3 is 17.8 Å². The first-order valence-electron chi connectivity index (χ1n) is 11.6. The Morgan fingerprint density at radius 1 is 0.886 bits per heavy atom. The van der Waals surface area contributed by atoms with Crippen LogP contribution in [0.25, 0.3) is 0 Å². The summed E-state index contributed by atoms with van der Waals surface area (Å²) in [7, 11) is 0. The zero-order chi connectivity index (χ0) is 24.6. The van der Waals surface area contributed by atoms with Crippen molar-refractivity contribution in [3.8, 4) is 0 Å². The maximum Gasteiger partial charge on any atom is 0.375 e. The SMILES string of the molecule is O=C1C=CC(=O)OC2(O1)c1cc(F)ccc1C(=O)N2CC1CCN(CCc2ccc(F)cc2)CC1. The molecule has 0 aliphatic carbocycles. The molecular formula is C26H24F2N2O5. The number of benzene rings is 2. The first kappa shape index (κ1) is 23.2. The summed E-state index contributed by atoms with van der Waals surface area (Å²) in [6.07, 6.45) is 4.20. The molecule has 1 amide bonds. The Balaban J connectivity index is 1.29. The number of piperidine rings is 1. The van der Waals surface area contributed by atoms with Crippen molar-refractivity contribution in [1.82, 2.24) is 9.80 Å². The lowest BCUT2D eigenvalue weighted by atomic mass is 9.95. The number of hydrogen-bond donors (Lipinski definition) is 0. The van der Waals surface area contributed by atoms with Crippen LogP contribution in [-0.4, -0.2) is 53.8 Å². The number of nitrogens with zero attached hydrogens (tertiary/aromatic N) is 2. The predicted molar refractivity (Wildman–Crippen MR) is 120 cm³/mol. The summed E-state index contributed by atoms with van der Waals surface area (Å²) in [6, 6.07) is 10.0. The Morgan fingerprint density at radius 3 is 2.17 bits per heavy atom. The second kappa shape index (κ2) is 9.22. The van der Waals surface area contributed by atoms with Gasteiger partial charge in [0.1, 0.15) is 11.6 Å². The first-order valence-corrected chi connectivity index (χ1v) is 11.6. The number of amides is 1. The fourth-order valence-electron chi connectivity index (χ4n) is 4.90. The zero-order valence-corrected chi connectivity index (χ0v) is 18.9.